The zero-order chi connectivity index (χ0) is 43.8. The van der Waals surface area contributed by atoms with Crippen molar-refractivity contribution in [3.05, 3.63) is 83.9 Å². The Morgan fingerprint density at radius 2 is 1.32 bits per heavy atom. The van der Waals surface area contributed by atoms with Crippen molar-refractivity contribution >= 4 is 93.7 Å². The Bertz CT molecular complexity index is 2520. The highest BCUT2D eigenvalue weighted by Gasteiger charge is 2.49. The number of halogens is 2. The number of benzene rings is 4. The van der Waals surface area contributed by atoms with Crippen molar-refractivity contribution in [2.24, 2.45) is 5.41 Å². The van der Waals surface area contributed by atoms with Crippen LogP contribution in [0.4, 0.5) is 16.2 Å². The summed E-state index contributed by atoms with van der Waals surface area (Å²) in [6.07, 6.45) is 7.13. The predicted octanol–water partition coefficient (Wildman–Crippen LogP) is 8.03. The van der Waals surface area contributed by atoms with Gasteiger partial charge in [0.05, 0.1) is 16.8 Å². The minimum absolute atomic E-state index is 0.0425. The van der Waals surface area contributed by atoms with Crippen LogP contribution in [0, 0.1) is 5.41 Å². The van der Waals surface area contributed by atoms with Crippen LogP contribution < -0.4 is 24.4 Å². The zero-order valence-corrected chi connectivity index (χ0v) is 36.3. The first-order valence-corrected chi connectivity index (χ1v) is 23.5. The fourth-order valence-electron chi connectivity index (χ4n) is 9.46. The molecule has 14 nitrogen and oxygen atoms in total. The number of unbranched alkanes of at least 4 members (excludes halogenated alkanes) is 3. The van der Waals surface area contributed by atoms with Gasteiger partial charge in [0.1, 0.15) is 11.5 Å². The molecule has 0 aromatic heterocycles. The van der Waals surface area contributed by atoms with Crippen molar-refractivity contribution in [3.8, 4) is 11.5 Å². The van der Waals surface area contributed by atoms with Crippen molar-refractivity contribution < 1.29 is 47.6 Å². The maximum atomic E-state index is 14.8. The number of imide groups is 1. The maximum absolute atomic E-state index is 14.8. The lowest BCUT2D eigenvalue weighted by Gasteiger charge is -2.43. The number of amides is 5. The molecule has 2 atom stereocenters. The Kier molecular flexibility index (Phi) is 12.7. The maximum Gasteiger partial charge on any atom is 0.524 e. The molecule has 0 bridgehead atoms. The van der Waals surface area contributed by atoms with Gasteiger partial charge in [0.15, 0.2) is 0 Å². The highest BCUT2D eigenvalue weighted by molar-refractivity contribution is 7.46. The highest BCUT2D eigenvalue weighted by Crippen LogP contribution is 2.53. The van der Waals surface area contributed by atoms with Gasteiger partial charge in [-0.2, -0.15) is 0 Å². The molecule has 8 rings (SSSR count). The van der Waals surface area contributed by atoms with Crippen molar-refractivity contribution in [2.45, 2.75) is 69.6 Å². The molecule has 3 heterocycles. The molecule has 5 amide bonds. The first kappa shape index (κ1) is 43.7. The fourth-order valence-corrected chi connectivity index (χ4v) is 10.4. The summed E-state index contributed by atoms with van der Waals surface area (Å²) in [7, 11) is -4.93. The molecule has 3 N–H and O–H groups in total. The third-order valence-electron chi connectivity index (χ3n) is 12.7. The second-order valence-corrected chi connectivity index (χ2v) is 18.2. The van der Waals surface area contributed by atoms with Crippen LogP contribution in [0.25, 0.3) is 21.5 Å². The Hall–Kier alpha value is -4.98. The van der Waals surface area contributed by atoms with E-state index in [1.165, 1.54) is 23.1 Å². The number of ether oxygens (including phenoxy) is 1. The molecule has 17 heteroatoms. The topological polar surface area (TPSA) is 183 Å². The number of fused-ring (bicyclic) bond motifs is 6. The molecule has 1 saturated carbocycles. The molecular formula is C45H47Cl2N4O10P. The first-order valence-electron chi connectivity index (χ1n) is 20.9. The van der Waals surface area contributed by atoms with Crippen LogP contribution in [0.2, 0.25) is 0 Å². The van der Waals surface area contributed by atoms with Crippen LogP contribution in [0.15, 0.2) is 72.8 Å². The van der Waals surface area contributed by atoms with Crippen LogP contribution in [0.3, 0.4) is 0 Å². The van der Waals surface area contributed by atoms with Crippen molar-refractivity contribution in [2.75, 3.05) is 47.7 Å². The van der Waals surface area contributed by atoms with Gasteiger partial charge in [0, 0.05) is 91.3 Å². The number of nitrogens with zero attached hydrogens (tertiary/aromatic N) is 3. The number of rotatable bonds is 16. The van der Waals surface area contributed by atoms with E-state index in [4.69, 9.17) is 32.5 Å². The fraction of sp³-hybridized carbons (Fsp3) is 0.400. The van der Waals surface area contributed by atoms with Gasteiger partial charge < -0.3 is 24.4 Å². The number of carbonyl (C=O) groups excluding carboxylic acids is 5. The van der Waals surface area contributed by atoms with Crippen LogP contribution in [0.5, 0.6) is 11.5 Å². The molecule has 4 aliphatic rings. The molecular weight excluding hydrogens is 858 g/mol. The number of phosphoric ester groups is 1. The van der Waals surface area contributed by atoms with E-state index in [1.54, 1.807) is 34.1 Å². The molecule has 4 aromatic carbocycles. The number of alkyl halides is 2. The number of hydrogen-bond donors (Lipinski definition) is 3. The molecule has 326 valence electrons. The summed E-state index contributed by atoms with van der Waals surface area (Å²) in [5, 5.41) is 5.53. The van der Waals surface area contributed by atoms with Crippen molar-refractivity contribution in [3.63, 3.8) is 0 Å². The summed E-state index contributed by atoms with van der Waals surface area (Å²) in [4.78, 5) is 89.7. The third kappa shape index (κ3) is 8.55. The van der Waals surface area contributed by atoms with Crippen LogP contribution >= 0.6 is 31.0 Å². The standard InChI is InChI=1S/C45H47Cl2N4O10P/c46-24-28-26-50(34-23-37(61-62(57,58)59)31-11-4-6-13-33(31)41(28)34)40(54)16-19-45(17-9-18-45)43(55)51-27-29(25-47)42-32-12-5-3-10-30(32)36(22-35(42)51)60-44(56)48-20-7-1-2-8-21-49-38(52)14-15-39(49)53/h3-6,10-15,22-23,28-29H,1-2,7-9,16-21,24-27H2,(H,48,56)(H2,57,58,59)/t28-,29-/m1/s1. The molecule has 0 radical (unpaired) electrons. The monoisotopic (exact) mass is 904 g/mol. The van der Waals surface area contributed by atoms with Gasteiger partial charge in [0.2, 0.25) is 11.8 Å². The highest BCUT2D eigenvalue weighted by atomic mass is 35.5. The van der Waals surface area contributed by atoms with Crippen molar-refractivity contribution in [1.29, 1.82) is 0 Å². The zero-order valence-electron chi connectivity index (χ0n) is 33.9. The molecule has 0 unspecified atom stereocenters. The van der Waals surface area contributed by atoms with Crippen LogP contribution in [0.1, 0.15) is 80.8 Å². The molecule has 3 aliphatic heterocycles. The molecule has 62 heavy (non-hydrogen) atoms. The Labute approximate surface area is 368 Å². The van der Waals surface area contributed by atoms with Gasteiger partial charge in [-0.3, -0.25) is 33.9 Å². The molecule has 4 aromatic rings. The predicted molar refractivity (Wildman–Crippen MR) is 236 cm³/mol. The largest absolute Gasteiger partial charge is 0.524 e. The molecule has 1 fully saturated rings. The number of nitrogens with one attached hydrogen (secondary N) is 1. The van der Waals surface area contributed by atoms with E-state index in [0.29, 0.717) is 78.6 Å². The first-order chi connectivity index (χ1) is 29.8. The lowest BCUT2D eigenvalue weighted by molar-refractivity contribution is -0.137. The van der Waals surface area contributed by atoms with Gasteiger partial charge >= 0.3 is 13.9 Å². The SMILES string of the molecule is O=C(NCCCCCCN1C(=O)C=CC1=O)Oc1cc2c(c3ccccc13)[C@H](CCl)CN2C(=O)C1(CCC(=O)N2C[C@@H](CCl)c3c2cc(OP(=O)(O)O)c2ccccc32)CCC1. The summed E-state index contributed by atoms with van der Waals surface area (Å²) >= 11 is 13.0. The number of hydrogen-bond acceptors (Lipinski definition) is 8. The summed E-state index contributed by atoms with van der Waals surface area (Å²) < 4.78 is 23.0. The summed E-state index contributed by atoms with van der Waals surface area (Å²) in [6, 6.07) is 17.9. The average Bonchev–Trinajstić information content (AvgIpc) is 3.91. The quantitative estimate of drug-likeness (QED) is 0.0431. The van der Waals surface area contributed by atoms with Gasteiger partial charge in [-0.15, -0.1) is 23.2 Å². The minimum Gasteiger partial charge on any atom is -0.410 e. The van der Waals surface area contributed by atoms with E-state index in [-0.39, 0.29) is 72.4 Å². The van der Waals surface area contributed by atoms with E-state index in [9.17, 15) is 38.3 Å². The van der Waals surface area contributed by atoms with Gasteiger partial charge in [-0.1, -0.05) is 67.8 Å². The van der Waals surface area contributed by atoms with E-state index in [1.807, 2.05) is 30.3 Å². The van der Waals surface area contributed by atoms with Crippen LogP contribution in [-0.4, -0.2) is 82.3 Å². The Balaban J connectivity index is 0.965. The van der Waals surface area contributed by atoms with Crippen molar-refractivity contribution in [1.82, 2.24) is 10.2 Å². The normalized spacial score (nSPS) is 18.9. The molecule has 1 aliphatic carbocycles. The lowest BCUT2D eigenvalue weighted by atomic mass is 9.65. The van der Waals surface area contributed by atoms with Crippen LogP contribution in [-0.2, 0) is 23.7 Å². The minimum atomic E-state index is -4.93. The summed E-state index contributed by atoms with van der Waals surface area (Å²) in [5.41, 5.74) is 1.98. The number of phosphoric acid groups is 1. The second-order valence-electron chi connectivity index (χ2n) is 16.4. The second kappa shape index (κ2) is 18.0. The Morgan fingerprint density at radius 3 is 1.90 bits per heavy atom. The third-order valence-corrected chi connectivity index (χ3v) is 13.8. The van der Waals surface area contributed by atoms with E-state index >= 15 is 0 Å². The summed E-state index contributed by atoms with van der Waals surface area (Å²) in [6.45, 7) is 1.32. The van der Waals surface area contributed by atoms with E-state index in [0.717, 1.165) is 35.8 Å². The average molecular weight is 906 g/mol. The number of anilines is 2. The van der Waals surface area contributed by atoms with E-state index < -0.39 is 19.3 Å². The molecule has 0 saturated heterocycles. The Morgan fingerprint density at radius 1 is 0.774 bits per heavy atom. The molecule has 0 spiro atoms. The van der Waals surface area contributed by atoms with E-state index in [2.05, 4.69) is 5.32 Å². The number of carbonyl (C=O) groups is 5. The van der Waals surface area contributed by atoms with Gasteiger partial charge in [-0.05, 0) is 54.0 Å². The van der Waals surface area contributed by atoms with Gasteiger partial charge in [-0.25, -0.2) is 9.36 Å². The lowest BCUT2D eigenvalue weighted by Crippen LogP contribution is -2.48. The summed E-state index contributed by atoms with van der Waals surface area (Å²) in [5.74, 6) is -0.639. The van der Waals surface area contributed by atoms with Gasteiger partial charge in [0.25, 0.3) is 11.8 Å². The smallest absolute Gasteiger partial charge is 0.410 e.